The Kier molecular flexibility index (Phi) is 5.70. The van der Waals surface area contributed by atoms with Gasteiger partial charge >= 0.3 is 6.03 Å². The van der Waals surface area contributed by atoms with Crippen LogP contribution in [-0.4, -0.2) is 14.4 Å². The van der Waals surface area contributed by atoms with Crippen molar-refractivity contribution >= 4 is 33.1 Å². The van der Waals surface area contributed by atoms with Gasteiger partial charge in [0.15, 0.2) is 0 Å². The Morgan fingerprint density at radius 3 is 1.89 bits per heavy atom. The van der Waals surface area contributed by atoms with Crippen molar-refractivity contribution in [3.05, 3.63) is 84.9 Å². The predicted molar refractivity (Wildman–Crippen MR) is 106 cm³/mol. The van der Waals surface area contributed by atoms with Gasteiger partial charge in [-0.25, -0.2) is 13.2 Å². The molecule has 0 bridgehead atoms. The van der Waals surface area contributed by atoms with E-state index >= 15 is 0 Å². The Balaban J connectivity index is 1.66. The molecule has 3 rings (SSSR count). The zero-order chi connectivity index (χ0) is 19.1. The molecule has 0 aliphatic heterocycles. The summed E-state index contributed by atoms with van der Waals surface area (Å²) in [7, 11) is -3.81. The molecule has 0 spiro atoms. The summed E-state index contributed by atoms with van der Waals surface area (Å²) in [5, 5.41) is 5.28. The van der Waals surface area contributed by atoms with Gasteiger partial charge in [-0.15, -0.1) is 4.83 Å². The molecule has 0 saturated carbocycles. The van der Waals surface area contributed by atoms with Gasteiger partial charge in [0.25, 0.3) is 10.0 Å². The van der Waals surface area contributed by atoms with Crippen LogP contribution in [0, 0.1) is 0 Å². The molecule has 0 fully saturated rings. The molecule has 4 N–H and O–H groups in total. The predicted octanol–water partition coefficient (Wildman–Crippen LogP) is 3.64. The molecule has 3 aromatic carbocycles. The molecular weight excluding hydrogens is 364 g/mol. The van der Waals surface area contributed by atoms with E-state index in [0.29, 0.717) is 17.1 Å². The van der Waals surface area contributed by atoms with Crippen LogP contribution in [0.1, 0.15) is 0 Å². The average Bonchev–Trinajstić information content (AvgIpc) is 2.68. The number of urea groups is 1. The number of hydrogen-bond acceptors (Lipinski definition) is 4. The van der Waals surface area contributed by atoms with Gasteiger partial charge in [-0.1, -0.05) is 42.5 Å². The summed E-state index contributed by atoms with van der Waals surface area (Å²) in [6, 6.07) is 23.3. The van der Waals surface area contributed by atoms with Gasteiger partial charge in [-0.05, 0) is 42.5 Å². The largest absolute Gasteiger partial charge is 0.323 e. The minimum atomic E-state index is -3.81. The molecule has 0 aliphatic carbocycles. The van der Waals surface area contributed by atoms with Crippen LogP contribution in [0.3, 0.4) is 0 Å². The normalized spacial score (nSPS) is 10.8. The van der Waals surface area contributed by atoms with E-state index in [1.165, 1.54) is 12.1 Å². The van der Waals surface area contributed by atoms with Gasteiger partial charge in [-0.3, -0.25) is 0 Å². The second kappa shape index (κ2) is 8.35. The van der Waals surface area contributed by atoms with E-state index in [9.17, 15) is 13.2 Å². The highest BCUT2D eigenvalue weighted by Crippen LogP contribution is 2.16. The molecule has 0 heterocycles. The lowest BCUT2D eigenvalue weighted by Crippen LogP contribution is -2.29. The van der Waals surface area contributed by atoms with E-state index in [0.717, 1.165) is 0 Å². The number of carbonyl (C=O) groups is 1. The fourth-order valence-electron chi connectivity index (χ4n) is 2.26. The van der Waals surface area contributed by atoms with Crippen molar-refractivity contribution in [3.8, 4) is 0 Å². The minimum Gasteiger partial charge on any atom is -0.308 e. The molecule has 0 aliphatic rings. The van der Waals surface area contributed by atoms with Crippen LogP contribution in [-0.2, 0) is 10.0 Å². The number of rotatable bonds is 6. The molecule has 0 atom stereocenters. The summed E-state index contributed by atoms with van der Waals surface area (Å²) in [6.07, 6.45) is 0. The number of nitrogens with one attached hydrogen (secondary N) is 4. The molecule has 8 heteroatoms. The van der Waals surface area contributed by atoms with Crippen molar-refractivity contribution in [2.24, 2.45) is 0 Å². The fraction of sp³-hybridized carbons (Fsp3) is 0. The van der Waals surface area contributed by atoms with E-state index in [2.05, 4.69) is 20.9 Å². The highest BCUT2D eigenvalue weighted by Gasteiger charge is 2.14. The number of carbonyl (C=O) groups excluding carboxylic acids is 1. The van der Waals surface area contributed by atoms with Gasteiger partial charge in [-0.2, -0.15) is 0 Å². The van der Waals surface area contributed by atoms with Crippen molar-refractivity contribution in [2.75, 3.05) is 16.1 Å². The highest BCUT2D eigenvalue weighted by atomic mass is 32.2. The standard InChI is InChI=1S/C19H18N4O3S/c24-19(20-15-8-3-1-4-9-15)21-17-12-7-13-18(14-17)27(25,26)23-22-16-10-5-2-6-11-16/h1-14,22-23H,(H2,20,21,24). The number of anilines is 3. The topological polar surface area (TPSA) is 99.3 Å². The van der Waals surface area contributed by atoms with Gasteiger partial charge < -0.3 is 16.1 Å². The third kappa shape index (κ3) is 5.30. The number of sulfonamides is 1. The lowest BCUT2D eigenvalue weighted by molar-refractivity contribution is 0.262. The quantitative estimate of drug-likeness (QED) is 0.489. The lowest BCUT2D eigenvalue weighted by Gasteiger charge is -2.11. The van der Waals surface area contributed by atoms with E-state index in [4.69, 9.17) is 0 Å². The van der Waals surface area contributed by atoms with Crippen LogP contribution >= 0.6 is 0 Å². The maximum Gasteiger partial charge on any atom is 0.323 e. The summed E-state index contributed by atoms with van der Waals surface area (Å²) in [4.78, 5) is 14.4. The van der Waals surface area contributed by atoms with Crippen molar-refractivity contribution in [2.45, 2.75) is 4.90 Å². The molecule has 2 amide bonds. The number of amides is 2. The van der Waals surface area contributed by atoms with Crippen LogP contribution in [0.5, 0.6) is 0 Å². The lowest BCUT2D eigenvalue weighted by atomic mass is 10.3. The second-order valence-electron chi connectivity index (χ2n) is 5.57. The first kappa shape index (κ1) is 18.4. The van der Waals surface area contributed by atoms with Crippen molar-refractivity contribution in [3.63, 3.8) is 0 Å². The van der Waals surface area contributed by atoms with Crippen LogP contribution in [0.15, 0.2) is 89.8 Å². The average molecular weight is 382 g/mol. The van der Waals surface area contributed by atoms with Gasteiger partial charge in [0.2, 0.25) is 0 Å². The Morgan fingerprint density at radius 2 is 1.22 bits per heavy atom. The number of benzene rings is 3. The van der Waals surface area contributed by atoms with Gasteiger partial charge in [0.05, 0.1) is 4.90 Å². The van der Waals surface area contributed by atoms with Crippen LogP contribution in [0.2, 0.25) is 0 Å². The molecule has 0 unspecified atom stereocenters. The summed E-state index contributed by atoms with van der Waals surface area (Å²) in [6.45, 7) is 0. The third-order valence-electron chi connectivity index (χ3n) is 3.54. The molecule has 3 aromatic rings. The van der Waals surface area contributed by atoms with Crippen molar-refractivity contribution in [1.29, 1.82) is 0 Å². The smallest absolute Gasteiger partial charge is 0.308 e. The van der Waals surface area contributed by atoms with E-state index in [-0.39, 0.29) is 4.90 Å². The first-order chi connectivity index (χ1) is 13.0. The molecule has 27 heavy (non-hydrogen) atoms. The zero-order valence-corrected chi connectivity index (χ0v) is 15.0. The van der Waals surface area contributed by atoms with Crippen LogP contribution in [0.25, 0.3) is 0 Å². The SMILES string of the molecule is O=C(Nc1ccccc1)Nc1cccc(S(=O)(=O)NNc2ccccc2)c1. The van der Waals surface area contributed by atoms with Gasteiger partial charge in [0.1, 0.15) is 0 Å². The molecule has 0 radical (unpaired) electrons. The highest BCUT2D eigenvalue weighted by molar-refractivity contribution is 7.89. The van der Waals surface area contributed by atoms with Gasteiger partial charge in [0, 0.05) is 17.1 Å². The minimum absolute atomic E-state index is 0.0171. The van der Waals surface area contributed by atoms with Crippen LogP contribution < -0.4 is 20.9 Å². The monoisotopic (exact) mass is 382 g/mol. The number of hydrazine groups is 1. The number of para-hydroxylation sites is 2. The first-order valence-corrected chi connectivity index (χ1v) is 9.57. The molecule has 0 aromatic heterocycles. The number of hydrogen-bond donors (Lipinski definition) is 4. The summed E-state index contributed by atoms with van der Waals surface area (Å²) < 4.78 is 24.9. The summed E-state index contributed by atoms with van der Waals surface area (Å²) in [5.41, 5.74) is 4.23. The van der Waals surface area contributed by atoms with E-state index in [1.54, 1.807) is 60.7 Å². The van der Waals surface area contributed by atoms with Crippen molar-refractivity contribution < 1.29 is 13.2 Å². The molecule has 0 saturated heterocycles. The molecule has 138 valence electrons. The zero-order valence-electron chi connectivity index (χ0n) is 14.2. The Bertz CT molecular complexity index is 1010. The van der Waals surface area contributed by atoms with Crippen molar-refractivity contribution in [1.82, 2.24) is 4.83 Å². The summed E-state index contributed by atoms with van der Waals surface area (Å²) in [5.74, 6) is 0. The fourth-order valence-corrected chi connectivity index (χ4v) is 3.17. The summed E-state index contributed by atoms with van der Waals surface area (Å²) >= 11 is 0. The maximum absolute atomic E-state index is 12.4. The molecule has 7 nitrogen and oxygen atoms in total. The Morgan fingerprint density at radius 1 is 0.667 bits per heavy atom. The molecular formula is C19H18N4O3S. The Labute approximate surface area is 157 Å². The first-order valence-electron chi connectivity index (χ1n) is 8.09. The van der Waals surface area contributed by atoms with E-state index in [1.807, 2.05) is 12.1 Å². The van der Waals surface area contributed by atoms with E-state index < -0.39 is 16.1 Å². The maximum atomic E-state index is 12.4. The Hall–Kier alpha value is -3.36. The second-order valence-corrected chi connectivity index (χ2v) is 7.25. The third-order valence-corrected chi connectivity index (χ3v) is 4.78. The van der Waals surface area contributed by atoms with Crippen LogP contribution in [0.4, 0.5) is 21.9 Å².